The highest BCUT2D eigenvalue weighted by atomic mass is 16.6. The molecule has 2 atom stereocenters. The van der Waals surface area contributed by atoms with Gasteiger partial charge in [0, 0.05) is 6.04 Å². The van der Waals surface area contributed by atoms with Crippen molar-refractivity contribution >= 4 is 6.09 Å². The number of hydrogen-bond donors (Lipinski definition) is 1. The van der Waals surface area contributed by atoms with Gasteiger partial charge in [0.2, 0.25) is 0 Å². The minimum Gasteiger partial charge on any atom is -0.444 e. The first-order valence-corrected chi connectivity index (χ1v) is 7.96. The number of amides is 1. The second kappa shape index (κ2) is 8.62. The number of alkyl carbamates (subject to hydrolysis) is 1. The third-order valence-electron chi connectivity index (χ3n) is 3.22. The maximum Gasteiger partial charge on any atom is 0.407 e. The highest BCUT2D eigenvalue weighted by Crippen LogP contribution is 2.14. The third-order valence-corrected chi connectivity index (χ3v) is 3.22. The normalized spacial score (nSPS) is 14.6. The van der Waals surface area contributed by atoms with Gasteiger partial charge in [-0.1, -0.05) is 49.4 Å². The van der Waals surface area contributed by atoms with Crippen LogP contribution in [-0.4, -0.2) is 17.7 Å². The topological polar surface area (TPSA) is 38.3 Å². The van der Waals surface area contributed by atoms with Gasteiger partial charge in [0.25, 0.3) is 0 Å². The summed E-state index contributed by atoms with van der Waals surface area (Å²) in [6, 6.07) is 10.3. The minimum atomic E-state index is -0.476. The molecule has 22 heavy (non-hydrogen) atoms. The van der Waals surface area contributed by atoms with Crippen LogP contribution in [0.4, 0.5) is 4.79 Å². The van der Waals surface area contributed by atoms with Gasteiger partial charge in [0.15, 0.2) is 0 Å². The van der Waals surface area contributed by atoms with E-state index in [1.54, 1.807) is 0 Å². The van der Waals surface area contributed by atoms with Gasteiger partial charge in [-0.2, -0.15) is 0 Å². The van der Waals surface area contributed by atoms with Gasteiger partial charge in [-0.05, 0) is 52.0 Å². The summed E-state index contributed by atoms with van der Waals surface area (Å²) in [4.78, 5) is 12.0. The van der Waals surface area contributed by atoms with Crippen LogP contribution in [0.3, 0.4) is 0 Å². The lowest BCUT2D eigenvalue weighted by atomic mass is 9.96. The second-order valence-electron chi connectivity index (χ2n) is 6.77. The summed E-state index contributed by atoms with van der Waals surface area (Å²) in [7, 11) is 0. The van der Waals surface area contributed by atoms with E-state index in [0.717, 1.165) is 12.8 Å². The lowest BCUT2D eigenvalue weighted by Gasteiger charge is -2.25. The fourth-order valence-electron chi connectivity index (χ4n) is 2.42. The van der Waals surface area contributed by atoms with Crippen LogP contribution >= 0.6 is 0 Å². The molecule has 0 aliphatic heterocycles. The first-order valence-electron chi connectivity index (χ1n) is 7.96. The summed E-state index contributed by atoms with van der Waals surface area (Å²) in [5.74, 6) is 0.411. The van der Waals surface area contributed by atoms with E-state index in [0.29, 0.717) is 5.92 Å². The summed E-state index contributed by atoms with van der Waals surface area (Å²) in [5.41, 5.74) is 0.743. The van der Waals surface area contributed by atoms with Crippen molar-refractivity contribution in [2.45, 2.75) is 59.1 Å². The maximum absolute atomic E-state index is 12.0. The van der Waals surface area contributed by atoms with Crippen LogP contribution in [0.15, 0.2) is 42.5 Å². The number of benzene rings is 1. The van der Waals surface area contributed by atoms with E-state index in [4.69, 9.17) is 4.74 Å². The predicted molar refractivity (Wildman–Crippen MR) is 91.9 cm³/mol. The van der Waals surface area contributed by atoms with Gasteiger partial charge in [-0.3, -0.25) is 0 Å². The quantitative estimate of drug-likeness (QED) is 0.772. The third kappa shape index (κ3) is 7.87. The second-order valence-corrected chi connectivity index (χ2v) is 6.77. The lowest BCUT2D eigenvalue weighted by molar-refractivity contribution is 0.0499. The van der Waals surface area contributed by atoms with Crippen molar-refractivity contribution in [2.24, 2.45) is 5.92 Å². The Balaban J connectivity index is 2.71. The fraction of sp³-hybridized carbons (Fsp3) is 0.526. The SMILES string of the molecule is C/C=C/[C@@H](C)C[C@H](Cc1ccccc1)NC(=O)OC(C)(C)C. The summed E-state index contributed by atoms with van der Waals surface area (Å²) < 4.78 is 5.38. The summed E-state index contributed by atoms with van der Waals surface area (Å²) in [6.45, 7) is 9.81. The Morgan fingerprint density at radius 2 is 1.91 bits per heavy atom. The van der Waals surface area contributed by atoms with Gasteiger partial charge in [-0.25, -0.2) is 4.79 Å². The molecule has 1 aromatic carbocycles. The van der Waals surface area contributed by atoms with Crippen molar-refractivity contribution in [1.82, 2.24) is 5.32 Å². The molecule has 1 amide bonds. The van der Waals surface area contributed by atoms with Crippen LogP contribution < -0.4 is 5.32 Å². The zero-order valence-electron chi connectivity index (χ0n) is 14.4. The average Bonchev–Trinajstić information content (AvgIpc) is 2.37. The van der Waals surface area contributed by atoms with Crippen molar-refractivity contribution < 1.29 is 9.53 Å². The van der Waals surface area contributed by atoms with E-state index < -0.39 is 5.60 Å². The number of hydrogen-bond acceptors (Lipinski definition) is 2. The van der Waals surface area contributed by atoms with Crippen molar-refractivity contribution in [2.75, 3.05) is 0 Å². The van der Waals surface area contributed by atoms with E-state index >= 15 is 0 Å². The largest absolute Gasteiger partial charge is 0.444 e. The molecular weight excluding hydrogens is 274 g/mol. The smallest absolute Gasteiger partial charge is 0.407 e. The molecular formula is C19H29NO2. The fourth-order valence-corrected chi connectivity index (χ4v) is 2.42. The molecule has 0 unspecified atom stereocenters. The van der Waals surface area contributed by atoms with Crippen LogP contribution in [0.1, 0.15) is 46.6 Å². The number of carbonyl (C=O) groups excluding carboxylic acids is 1. The van der Waals surface area contributed by atoms with Crippen LogP contribution in [0, 0.1) is 5.92 Å². The molecule has 0 radical (unpaired) electrons. The molecule has 0 aromatic heterocycles. The molecule has 0 bridgehead atoms. The van der Waals surface area contributed by atoms with Crippen LogP contribution in [0.25, 0.3) is 0 Å². The Labute approximate surface area is 134 Å². The summed E-state index contributed by atoms with van der Waals surface area (Å²) in [5, 5.41) is 3.02. The Morgan fingerprint density at radius 3 is 2.45 bits per heavy atom. The van der Waals surface area contributed by atoms with Crippen molar-refractivity contribution in [3.8, 4) is 0 Å². The van der Waals surface area contributed by atoms with Crippen LogP contribution in [-0.2, 0) is 11.2 Å². The van der Waals surface area contributed by atoms with Crippen molar-refractivity contribution in [1.29, 1.82) is 0 Å². The first-order chi connectivity index (χ1) is 10.3. The molecule has 1 rings (SSSR count). The first kappa shape index (κ1) is 18.3. The number of carbonyl (C=O) groups is 1. The van der Waals surface area contributed by atoms with Crippen LogP contribution in [0.2, 0.25) is 0 Å². The molecule has 3 nitrogen and oxygen atoms in total. The van der Waals surface area contributed by atoms with Crippen LogP contribution in [0.5, 0.6) is 0 Å². The number of allylic oxidation sites excluding steroid dienone is 2. The molecule has 0 aliphatic carbocycles. The average molecular weight is 303 g/mol. The molecule has 0 aliphatic rings. The van der Waals surface area contributed by atoms with E-state index in [2.05, 4.69) is 36.5 Å². The van der Waals surface area contributed by atoms with Gasteiger partial charge < -0.3 is 10.1 Å². The zero-order valence-corrected chi connectivity index (χ0v) is 14.4. The Hall–Kier alpha value is -1.77. The van der Waals surface area contributed by atoms with Crippen molar-refractivity contribution in [3.05, 3.63) is 48.0 Å². The highest BCUT2D eigenvalue weighted by molar-refractivity contribution is 5.68. The molecule has 0 fully saturated rings. The number of nitrogens with one attached hydrogen (secondary N) is 1. The molecule has 1 aromatic rings. The maximum atomic E-state index is 12.0. The molecule has 1 N–H and O–H groups in total. The number of ether oxygens (including phenoxy) is 1. The van der Waals surface area contributed by atoms with E-state index in [1.165, 1.54) is 5.56 Å². The zero-order chi connectivity index (χ0) is 16.6. The molecule has 3 heteroatoms. The van der Waals surface area contributed by atoms with Gasteiger partial charge in [-0.15, -0.1) is 0 Å². The summed E-state index contributed by atoms with van der Waals surface area (Å²) in [6.07, 6.45) is 5.56. The molecule has 0 spiro atoms. The molecule has 0 saturated heterocycles. The highest BCUT2D eigenvalue weighted by Gasteiger charge is 2.20. The van der Waals surface area contributed by atoms with E-state index in [9.17, 15) is 4.79 Å². The Bertz CT molecular complexity index is 474. The van der Waals surface area contributed by atoms with E-state index in [-0.39, 0.29) is 12.1 Å². The standard InChI is InChI=1S/C19H29NO2/c1-6-10-15(2)13-17(14-16-11-8-7-9-12-16)20-18(21)22-19(3,4)5/h6-12,15,17H,13-14H2,1-5H3,(H,20,21)/b10-6+/t15-,17-/m1/s1. The minimum absolute atomic E-state index is 0.0587. The van der Waals surface area contributed by atoms with Gasteiger partial charge in [0.05, 0.1) is 0 Å². The van der Waals surface area contributed by atoms with Gasteiger partial charge in [0.1, 0.15) is 5.60 Å². The molecule has 0 saturated carbocycles. The van der Waals surface area contributed by atoms with E-state index in [1.807, 2.05) is 45.9 Å². The predicted octanol–water partition coefficient (Wildman–Crippen LogP) is 4.72. The summed E-state index contributed by atoms with van der Waals surface area (Å²) >= 11 is 0. The number of rotatable bonds is 6. The Morgan fingerprint density at radius 1 is 1.27 bits per heavy atom. The lowest BCUT2D eigenvalue weighted by Crippen LogP contribution is -2.41. The molecule has 122 valence electrons. The monoisotopic (exact) mass is 303 g/mol. The molecule has 0 heterocycles. The Kier molecular flexibility index (Phi) is 7.16. The van der Waals surface area contributed by atoms with Crippen molar-refractivity contribution in [3.63, 3.8) is 0 Å². The van der Waals surface area contributed by atoms with Gasteiger partial charge >= 0.3 is 6.09 Å².